The smallest absolute Gasteiger partial charge is 0.223 e. The van der Waals surface area contributed by atoms with Crippen LogP contribution in [0.1, 0.15) is 24.4 Å². The Bertz CT molecular complexity index is 407. The van der Waals surface area contributed by atoms with Gasteiger partial charge in [0.1, 0.15) is 12.2 Å². The molecule has 0 aliphatic rings. The zero-order valence-electron chi connectivity index (χ0n) is 8.60. The summed E-state index contributed by atoms with van der Waals surface area (Å²) in [7, 11) is 0. The highest BCUT2D eigenvalue weighted by molar-refractivity contribution is 5.27. The second-order valence-electron chi connectivity index (χ2n) is 3.32. The van der Waals surface area contributed by atoms with Gasteiger partial charge in [-0.05, 0) is 19.4 Å². The maximum atomic E-state index is 4.14. The summed E-state index contributed by atoms with van der Waals surface area (Å²) in [5.41, 5.74) is 1.04. The van der Waals surface area contributed by atoms with Gasteiger partial charge in [-0.2, -0.15) is 5.10 Å². The fourth-order valence-corrected chi connectivity index (χ4v) is 1.15. The zero-order valence-corrected chi connectivity index (χ0v) is 8.60. The van der Waals surface area contributed by atoms with E-state index in [0.717, 1.165) is 11.4 Å². The molecule has 6 nitrogen and oxygen atoms in total. The van der Waals surface area contributed by atoms with Crippen LogP contribution in [0.4, 0.5) is 5.95 Å². The molecule has 0 saturated carbocycles. The summed E-state index contributed by atoms with van der Waals surface area (Å²) in [4.78, 5) is 12.3. The van der Waals surface area contributed by atoms with Gasteiger partial charge in [-0.3, -0.25) is 5.10 Å². The van der Waals surface area contributed by atoms with Crippen molar-refractivity contribution in [1.29, 1.82) is 0 Å². The first-order chi connectivity index (χ1) is 7.25. The van der Waals surface area contributed by atoms with E-state index < -0.39 is 0 Å². The minimum absolute atomic E-state index is 0.00945. The maximum absolute atomic E-state index is 4.14. The second kappa shape index (κ2) is 4.04. The van der Waals surface area contributed by atoms with Crippen LogP contribution in [-0.2, 0) is 0 Å². The molecule has 0 aromatic carbocycles. The van der Waals surface area contributed by atoms with Gasteiger partial charge in [-0.25, -0.2) is 15.0 Å². The van der Waals surface area contributed by atoms with Gasteiger partial charge in [0.05, 0.1) is 6.04 Å². The number of anilines is 1. The summed E-state index contributed by atoms with van der Waals surface area (Å²) in [5.74, 6) is 1.35. The van der Waals surface area contributed by atoms with E-state index in [1.807, 2.05) is 13.8 Å². The molecule has 0 aliphatic carbocycles. The SMILES string of the molecule is Cc1cnc(NC(C)c2ncn[nH]2)nc1. The standard InChI is InChI=1S/C9H12N6/c1-6-3-10-9(11-4-6)14-7(2)8-12-5-13-15-8/h3-5,7H,1-2H3,(H,10,11,14)(H,12,13,15). The van der Waals surface area contributed by atoms with E-state index in [1.54, 1.807) is 12.4 Å². The molecule has 1 unspecified atom stereocenters. The average Bonchev–Trinajstić information content (AvgIpc) is 2.74. The van der Waals surface area contributed by atoms with Crippen LogP contribution in [0.5, 0.6) is 0 Å². The fraction of sp³-hybridized carbons (Fsp3) is 0.333. The number of hydrogen-bond acceptors (Lipinski definition) is 5. The lowest BCUT2D eigenvalue weighted by molar-refractivity contribution is 0.782. The van der Waals surface area contributed by atoms with Gasteiger partial charge in [-0.1, -0.05) is 0 Å². The number of aromatic amines is 1. The highest BCUT2D eigenvalue weighted by atomic mass is 15.2. The van der Waals surface area contributed by atoms with Gasteiger partial charge in [0, 0.05) is 12.4 Å². The first-order valence-corrected chi connectivity index (χ1v) is 4.66. The van der Waals surface area contributed by atoms with Crippen molar-refractivity contribution < 1.29 is 0 Å². The minimum Gasteiger partial charge on any atom is -0.345 e. The van der Waals surface area contributed by atoms with Gasteiger partial charge in [0.2, 0.25) is 5.95 Å². The van der Waals surface area contributed by atoms with Crippen LogP contribution >= 0.6 is 0 Å². The molecule has 2 rings (SSSR count). The molecule has 0 spiro atoms. The van der Waals surface area contributed by atoms with Crippen molar-refractivity contribution in [3.8, 4) is 0 Å². The first kappa shape index (κ1) is 9.57. The Morgan fingerprint density at radius 3 is 2.60 bits per heavy atom. The Labute approximate surface area is 87.2 Å². The third-order valence-corrected chi connectivity index (χ3v) is 1.97. The monoisotopic (exact) mass is 204 g/mol. The van der Waals surface area contributed by atoms with Crippen LogP contribution in [0, 0.1) is 6.92 Å². The highest BCUT2D eigenvalue weighted by Crippen LogP contribution is 2.10. The molecular weight excluding hydrogens is 192 g/mol. The predicted molar refractivity (Wildman–Crippen MR) is 55.2 cm³/mol. The number of aromatic nitrogens is 5. The number of nitrogens with zero attached hydrogens (tertiary/aromatic N) is 4. The molecule has 0 bridgehead atoms. The van der Waals surface area contributed by atoms with Crippen molar-refractivity contribution in [2.24, 2.45) is 0 Å². The Kier molecular flexibility index (Phi) is 2.57. The van der Waals surface area contributed by atoms with Gasteiger partial charge in [-0.15, -0.1) is 0 Å². The number of hydrogen-bond donors (Lipinski definition) is 2. The Hall–Kier alpha value is -1.98. The van der Waals surface area contributed by atoms with Gasteiger partial charge >= 0.3 is 0 Å². The lowest BCUT2D eigenvalue weighted by atomic mass is 10.3. The number of H-pyrrole nitrogens is 1. The van der Waals surface area contributed by atoms with E-state index in [-0.39, 0.29) is 6.04 Å². The largest absolute Gasteiger partial charge is 0.345 e. The third-order valence-electron chi connectivity index (χ3n) is 1.97. The van der Waals surface area contributed by atoms with Crippen molar-refractivity contribution >= 4 is 5.95 Å². The molecule has 1 atom stereocenters. The van der Waals surface area contributed by atoms with Gasteiger partial charge < -0.3 is 5.32 Å². The van der Waals surface area contributed by atoms with E-state index in [9.17, 15) is 0 Å². The van der Waals surface area contributed by atoms with Crippen molar-refractivity contribution in [2.75, 3.05) is 5.32 Å². The Morgan fingerprint density at radius 1 is 1.27 bits per heavy atom. The second-order valence-corrected chi connectivity index (χ2v) is 3.32. The fourth-order valence-electron chi connectivity index (χ4n) is 1.15. The number of aryl methyl sites for hydroxylation is 1. The topological polar surface area (TPSA) is 79.4 Å². The Morgan fingerprint density at radius 2 is 2.00 bits per heavy atom. The molecule has 6 heteroatoms. The summed E-state index contributed by atoms with van der Waals surface area (Å²) in [5, 5.41) is 9.69. The molecule has 0 amide bonds. The van der Waals surface area contributed by atoms with Crippen LogP contribution in [0.15, 0.2) is 18.7 Å². The molecule has 2 aromatic heterocycles. The normalized spacial score (nSPS) is 12.4. The zero-order chi connectivity index (χ0) is 10.7. The average molecular weight is 204 g/mol. The van der Waals surface area contributed by atoms with Crippen LogP contribution < -0.4 is 5.32 Å². The quantitative estimate of drug-likeness (QED) is 0.782. The van der Waals surface area contributed by atoms with Crippen LogP contribution in [-0.4, -0.2) is 25.1 Å². The van der Waals surface area contributed by atoms with Crippen molar-refractivity contribution in [1.82, 2.24) is 25.1 Å². The van der Waals surface area contributed by atoms with Crippen LogP contribution in [0.2, 0.25) is 0 Å². The molecule has 2 aromatic rings. The Balaban J connectivity index is 2.06. The summed E-state index contributed by atoms with van der Waals surface area (Å²) >= 11 is 0. The molecule has 2 heterocycles. The summed E-state index contributed by atoms with van der Waals surface area (Å²) in [6.45, 7) is 3.91. The minimum atomic E-state index is 0.00945. The van der Waals surface area contributed by atoms with Crippen molar-refractivity contribution in [2.45, 2.75) is 19.9 Å². The van der Waals surface area contributed by atoms with E-state index in [4.69, 9.17) is 0 Å². The molecule has 0 saturated heterocycles. The molecule has 0 radical (unpaired) electrons. The van der Waals surface area contributed by atoms with Crippen LogP contribution in [0.25, 0.3) is 0 Å². The molecule has 15 heavy (non-hydrogen) atoms. The maximum Gasteiger partial charge on any atom is 0.223 e. The molecular formula is C9H12N6. The van der Waals surface area contributed by atoms with Gasteiger partial charge in [0.15, 0.2) is 0 Å². The lowest BCUT2D eigenvalue weighted by Gasteiger charge is -2.10. The lowest BCUT2D eigenvalue weighted by Crippen LogP contribution is -2.10. The van der Waals surface area contributed by atoms with E-state index >= 15 is 0 Å². The summed E-state index contributed by atoms with van der Waals surface area (Å²) in [6, 6.07) is 0.00945. The van der Waals surface area contributed by atoms with Crippen molar-refractivity contribution in [3.05, 3.63) is 30.1 Å². The van der Waals surface area contributed by atoms with E-state index in [2.05, 4.69) is 30.5 Å². The number of nitrogens with one attached hydrogen (secondary N) is 2. The van der Waals surface area contributed by atoms with E-state index in [1.165, 1.54) is 6.33 Å². The molecule has 78 valence electrons. The highest BCUT2D eigenvalue weighted by Gasteiger charge is 2.08. The summed E-state index contributed by atoms with van der Waals surface area (Å²) in [6.07, 6.45) is 5.01. The number of rotatable bonds is 3. The molecule has 0 fully saturated rings. The summed E-state index contributed by atoms with van der Waals surface area (Å²) < 4.78 is 0. The predicted octanol–water partition coefficient (Wildman–Crippen LogP) is 1.08. The van der Waals surface area contributed by atoms with Crippen LogP contribution in [0.3, 0.4) is 0 Å². The first-order valence-electron chi connectivity index (χ1n) is 4.66. The third kappa shape index (κ3) is 2.28. The van der Waals surface area contributed by atoms with E-state index in [0.29, 0.717) is 5.95 Å². The van der Waals surface area contributed by atoms with Gasteiger partial charge in [0.25, 0.3) is 0 Å². The molecule has 2 N–H and O–H groups in total. The molecule has 0 aliphatic heterocycles. The van der Waals surface area contributed by atoms with Crippen molar-refractivity contribution in [3.63, 3.8) is 0 Å².